The van der Waals surface area contributed by atoms with Crippen LogP contribution in [0.4, 0.5) is 13.2 Å². The SMILES string of the molecule is CS(=O)(=O)NCc1ccc(CC(=O)N2CCCC[C@H]2CN2CC[C@H](O)C2)cc1.O=C(O)C(F)(F)F. The first-order chi connectivity index (χ1) is 16.2. The number of benzene rings is 1. The predicted molar refractivity (Wildman–Crippen MR) is 122 cm³/mol. The van der Waals surface area contributed by atoms with Crippen LogP contribution in [-0.2, 0) is 32.6 Å². The van der Waals surface area contributed by atoms with Crippen molar-refractivity contribution < 1.29 is 41.4 Å². The molecule has 3 rings (SSSR count). The lowest BCUT2D eigenvalue weighted by atomic mass is 10.00. The van der Waals surface area contributed by atoms with Crippen LogP contribution in [0.1, 0.15) is 36.8 Å². The first kappa shape index (κ1) is 29.0. The third-order valence-corrected chi connectivity index (χ3v) is 6.49. The second-order valence-electron chi connectivity index (χ2n) is 8.83. The van der Waals surface area contributed by atoms with Gasteiger partial charge in [0.05, 0.1) is 18.8 Å². The smallest absolute Gasteiger partial charge is 0.475 e. The van der Waals surface area contributed by atoms with Crippen LogP contribution >= 0.6 is 0 Å². The van der Waals surface area contributed by atoms with E-state index >= 15 is 0 Å². The number of hydrogen-bond donors (Lipinski definition) is 3. The lowest BCUT2D eigenvalue weighted by Crippen LogP contribution is -2.49. The lowest BCUT2D eigenvalue weighted by molar-refractivity contribution is -0.192. The standard InChI is InChI=1S/C20H31N3O4S.C2HF3O2/c1-28(26,27)21-13-17-7-5-16(6-8-17)12-20(25)23-10-3-2-4-18(23)14-22-11-9-19(24)15-22;3-2(4,5)1(6)7/h5-8,18-19,21,24H,2-4,9-15H2,1H3;(H,6,7)/t18-,19-;/m0./s1. The lowest BCUT2D eigenvalue weighted by Gasteiger charge is -2.38. The Morgan fingerprint density at radius 2 is 1.69 bits per heavy atom. The zero-order valence-electron chi connectivity index (χ0n) is 19.5. The number of β-amino-alcohol motifs (C(OH)–C–C–N with tert-alkyl or cyclic N) is 1. The molecule has 2 aliphatic rings. The number of carboxylic acids is 1. The maximum Gasteiger partial charge on any atom is 0.490 e. The fourth-order valence-electron chi connectivity index (χ4n) is 4.06. The predicted octanol–water partition coefficient (Wildman–Crippen LogP) is 1.36. The number of aliphatic carboxylic acids is 1. The van der Waals surface area contributed by atoms with Gasteiger partial charge in [0.2, 0.25) is 15.9 Å². The number of hydrogen-bond acceptors (Lipinski definition) is 6. The Hall–Kier alpha value is -2.22. The quantitative estimate of drug-likeness (QED) is 0.493. The minimum Gasteiger partial charge on any atom is -0.475 e. The fourth-order valence-corrected chi connectivity index (χ4v) is 4.49. The van der Waals surface area contributed by atoms with E-state index in [0.29, 0.717) is 13.0 Å². The van der Waals surface area contributed by atoms with Gasteiger partial charge in [0.15, 0.2) is 0 Å². The number of alkyl halides is 3. The van der Waals surface area contributed by atoms with E-state index in [2.05, 4.69) is 9.62 Å². The fraction of sp³-hybridized carbons (Fsp3) is 0.636. The molecule has 1 amide bonds. The molecular formula is C22H32F3N3O6S. The molecule has 2 aliphatic heterocycles. The van der Waals surface area contributed by atoms with Crippen molar-refractivity contribution in [3.63, 3.8) is 0 Å². The van der Waals surface area contributed by atoms with Crippen LogP contribution in [0.25, 0.3) is 0 Å². The molecule has 2 heterocycles. The van der Waals surface area contributed by atoms with Gasteiger partial charge in [-0.15, -0.1) is 0 Å². The van der Waals surface area contributed by atoms with Gasteiger partial charge in [-0.3, -0.25) is 9.69 Å². The van der Waals surface area contributed by atoms with E-state index < -0.39 is 22.2 Å². The molecule has 35 heavy (non-hydrogen) atoms. The van der Waals surface area contributed by atoms with Gasteiger partial charge in [-0.2, -0.15) is 13.2 Å². The van der Waals surface area contributed by atoms with Crippen LogP contribution in [0.2, 0.25) is 0 Å². The van der Waals surface area contributed by atoms with Gasteiger partial charge in [-0.1, -0.05) is 24.3 Å². The number of sulfonamides is 1. The number of halogens is 3. The number of carbonyl (C=O) groups is 2. The molecular weight excluding hydrogens is 491 g/mol. The highest BCUT2D eigenvalue weighted by molar-refractivity contribution is 7.88. The van der Waals surface area contributed by atoms with Gasteiger partial charge in [0.1, 0.15) is 0 Å². The van der Waals surface area contributed by atoms with Crippen molar-refractivity contribution in [3.05, 3.63) is 35.4 Å². The molecule has 13 heteroatoms. The van der Waals surface area contributed by atoms with Crippen molar-refractivity contribution >= 4 is 21.9 Å². The van der Waals surface area contributed by atoms with Crippen LogP contribution in [0.5, 0.6) is 0 Å². The van der Waals surface area contributed by atoms with Crippen molar-refractivity contribution in [2.45, 2.75) is 57.0 Å². The largest absolute Gasteiger partial charge is 0.490 e. The third kappa shape index (κ3) is 10.5. The molecule has 0 spiro atoms. The van der Waals surface area contributed by atoms with Gasteiger partial charge < -0.3 is 15.1 Å². The molecule has 2 fully saturated rings. The Labute approximate surface area is 203 Å². The summed E-state index contributed by atoms with van der Waals surface area (Å²) in [5.41, 5.74) is 1.80. The summed E-state index contributed by atoms with van der Waals surface area (Å²) in [6.07, 6.45) is 0.212. The highest BCUT2D eigenvalue weighted by Gasteiger charge is 2.38. The summed E-state index contributed by atoms with van der Waals surface area (Å²) in [7, 11) is -3.22. The van der Waals surface area contributed by atoms with E-state index in [9.17, 15) is 31.5 Å². The number of nitrogens with zero attached hydrogens (tertiary/aromatic N) is 2. The Kier molecular flexibility index (Phi) is 10.5. The molecule has 0 aliphatic carbocycles. The van der Waals surface area contributed by atoms with E-state index in [1.165, 1.54) is 0 Å². The van der Waals surface area contributed by atoms with Crippen molar-refractivity contribution in [1.82, 2.24) is 14.5 Å². The van der Waals surface area contributed by atoms with E-state index in [1.807, 2.05) is 29.2 Å². The van der Waals surface area contributed by atoms with Crippen molar-refractivity contribution in [2.24, 2.45) is 0 Å². The average Bonchev–Trinajstić information content (AvgIpc) is 3.17. The summed E-state index contributed by atoms with van der Waals surface area (Å²) < 4.78 is 56.6. The molecule has 1 aromatic rings. The van der Waals surface area contributed by atoms with E-state index in [4.69, 9.17) is 9.90 Å². The highest BCUT2D eigenvalue weighted by Crippen LogP contribution is 2.21. The molecule has 198 valence electrons. The zero-order valence-corrected chi connectivity index (χ0v) is 20.3. The maximum atomic E-state index is 12.9. The number of aliphatic hydroxyl groups excluding tert-OH is 1. The molecule has 0 saturated carbocycles. The van der Waals surface area contributed by atoms with Crippen LogP contribution in [-0.4, -0.2) is 91.1 Å². The Morgan fingerprint density at radius 3 is 2.20 bits per heavy atom. The summed E-state index contributed by atoms with van der Waals surface area (Å²) >= 11 is 0. The van der Waals surface area contributed by atoms with Gasteiger partial charge in [-0.25, -0.2) is 17.9 Å². The summed E-state index contributed by atoms with van der Waals surface area (Å²) in [5, 5.41) is 16.9. The van der Waals surface area contributed by atoms with Crippen LogP contribution in [0.3, 0.4) is 0 Å². The van der Waals surface area contributed by atoms with Gasteiger partial charge in [-0.05, 0) is 36.8 Å². The summed E-state index contributed by atoms with van der Waals surface area (Å²) in [6.45, 7) is 3.52. The van der Waals surface area contributed by atoms with Gasteiger partial charge in [0, 0.05) is 38.8 Å². The molecule has 1 aromatic carbocycles. The van der Waals surface area contributed by atoms with Crippen LogP contribution < -0.4 is 4.72 Å². The molecule has 0 bridgehead atoms. The topological polar surface area (TPSA) is 127 Å². The monoisotopic (exact) mass is 523 g/mol. The van der Waals surface area contributed by atoms with Gasteiger partial charge >= 0.3 is 12.1 Å². The first-order valence-corrected chi connectivity index (χ1v) is 13.2. The number of aliphatic hydroxyl groups is 1. The normalized spacial score (nSPS) is 21.3. The summed E-state index contributed by atoms with van der Waals surface area (Å²) in [6, 6.07) is 7.74. The Bertz CT molecular complexity index is 956. The Balaban J connectivity index is 0.000000540. The van der Waals surface area contributed by atoms with Crippen molar-refractivity contribution in [1.29, 1.82) is 0 Å². The molecule has 3 N–H and O–H groups in total. The average molecular weight is 524 g/mol. The third-order valence-electron chi connectivity index (χ3n) is 5.82. The molecule has 0 radical (unpaired) electrons. The van der Waals surface area contributed by atoms with E-state index in [0.717, 1.165) is 62.7 Å². The first-order valence-electron chi connectivity index (χ1n) is 11.3. The molecule has 0 unspecified atom stereocenters. The molecule has 9 nitrogen and oxygen atoms in total. The Morgan fingerprint density at radius 1 is 1.09 bits per heavy atom. The minimum atomic E-state index is -5.08. The minimum absolute atomic E-state index is 0.145. The number of rotatable bonds is 7. The number of carboxylic acid groups (broad SMARTS) is 1. The zero-order chi connectivity index (χ0) is 26.2. The molecule has 0 aromatic heterocycles. The van der Waals surface area contributed by atoms with Crippen LogP contribution in [0, 0.1) is 0 Å². The number of nitrogens with one attached hydrogen (secondary N) is 1. The maximum absolute atomic E-state index is 12.9. The molecule has 2 atom stereocenters. The van der Waals surface area contributed by atoms with Crippen LogP contribution in [0.15, 0.2) is 24.3 Å². The second-order valence-corrected chi connectivity index (χ2v) is 10.7. The van der Waals surface area contributed by atoms with Gasteiger partial charge in [0.25, 0.3) is 0 Å². The summed E-state index contributed by atoms with van der Waals surface area (Å²) in [4.78, 5) is 26.1. The number of likely N-dealkylation sites (tertiary alicyclic amines) is 2. The van der Waals surface area contributed by atoms with E-state index in [-0.39, 0.29) is 24.6 Å². The molecule has 2 saturated heterocycles. The number of piperidine rings is 1. The number of carbonyl (C=O) groups excluding carboxylic acids is 1. The van der Waals surface area contributed by atoms with Crippen molar-refractivity contribution in [2.75, 3.05) is 32.4 Å². The van der Waals surface area contributed by atoms with E-state index in [1.54, 1.807) is 0 Å². The highest BCUT2D eigenvalue weighted by atomic mass is 32.2. The number of amides is 1. The summed E-state index contributed by atoms with van der Waals surface area (Å²) in [5.74, 6) is -2.61. The van der Waals surface area contributed by atoms with Crippen molar-refractivity contribution in [3.8, 4) is 0 Å². The second kappa shape index (κ2) is 12.7.